The van der Waals surface area contributed by atoms with Crippen LogP contribution in [0.2, 0.25) is 0 Å². The lowest BCUT2D eigenvalue weighted by atomic mass is 9.94. The Morgan fingerprint density at radius 2 is 2.08 bits per heavy atom. The number of nitrogens with zero attached hydrogens (tertiary/aromatic N) is 2. The van der Waals surface area contributed by atoms with Crippen molar-refractivity contribution >= 4 is 28.3 Å². The summed E-state index contributed by atoms with van der Waals surface area (Å²) in [6, 6.07) is 10.5. The molecule has 120 valence electrons. The van der Waals surface area contributed by atoms with Crippen LogP contribution in [0.5, 0.6) is 0 Å². The highest BCUT2D eigenvalue weighted by Gasteiger charge is 2.23. The van der Waals surface area contributed by atoms with Gasteiger partial charge in [0.05, 0.1) is 11.8 Å². The highest BCUT2D eigenvalue weighted by Crippen LogP contribution is 2.38. The average Bonchev–Trinajstić information content (AvgIpc) is 3.21. The molecule has 1 amide bonds. The Balaban J connectivity index is 1.59. The third kappa shape index (κ3) is 2.46. The molecule has 8 heteroatoms. The number of nitro groups is 1. The van der Waals surface area contributed by atoms with Crippen molar-refractivity contribution < 1.29 is 14.1 Å². The van der Waals surface area contributed by atoms with Crippen molar-refractivity contribution in [3.8, 4) is 11.3 Å². The van der Waals surface area contributed by atoms with Crippen molar-refractivity contribution in [1.82, 2.24) is 4.98 Å². The number of aromatic nitrogens is 1. The monoisotopic (exact) mass is 341 g/mol. The molecule has 0 radical (unpaired) electrons. The normalized spacial score (nSPS) is 12.3. The van der Waals surface area contributed by atoms with E-state index in [1.54, 1.807) is 0 Å². The second-order valence-corrected chi connectivity index (χ2v) is 6.38. The van der Waals surface area contributed by atoms with Gasteiger partial charge in [0.25, 0.3) is 5.91 Å². The molecule has 0 bridgehead atoms. The Hall–Kier alpha value is -3.00. The molecular weight excluding hydrogens is 330 g/mol. The molecule has 0 spiro atoms. The fraction of sp³-hybridized carbons (Fsp3) is 0.125. The molecule has 1 aliphatic rings. The van der Waals surface area contributed by atoms with Crippen LogP contribution in [-0.4, -0.2) is 15.8 Å². The van der Waals surface area contributed by atoms with E-state index in [4.69, 9.17) is 4.42 Å². The Bertz CT molecular complexity index is 960. The number of fused-ring (bicyclic) bond motifs is 3. The molecule has 0 aliphatic heterocycles. The van der Waals surface area contributed by atoms with Gasteiger partial charge in [0.1, 0.15) is 4.92 Å². The zero-order valence-corrected chi connectivity index (χ0v) is 13.1. The maximum absolute atomic E-state index is 12.1. The van der Waals surface area contributed by atoms with E-state index >= 15 is 0 Å². The van der Waals surface area contributed by atoms with Crippen LogP contribution in [0.15, 0.2) is 40.8 Å². The molecule has 0 atom stereocenters. The minimum atomic E-state index is -0.685. The Morgan fingerprint density at radius 3 is 2.88 bits per heavy atom. The second-order valence-electron chi connectivity index (χ2n) is 5.30. The minimum Gasteiger partial charge on any atom is -0.395 e. The first-order valence-electron chi connectivity index (χ1n) is 7.25. The van der Waals surface area contributed by atoms with E-state index in [2.05, 4.69) is 16.4 Å². The quantitative estimate of drug-likeness (QED) is 0.579. The van der Waals surface area contributed by atoms with Crippen molar-refractivity contribution in [2.45, 2.75) is 12.8 Å². The van der Waals surface area contributed by atoms with E-state index < -0.39 is 16.7 Å². The highest BCUT2D eigenvalue weighted by atomic mass is 32.1. The van der Waals surface area contributed by atoms with Gasteiger partial charge >= 0.3 is 5.88 Å². The molecule has 1 N–H and O–H groups in total. The van der Waals surface area contributed by atoms with Gasteiger partial charge in [-0.15, -0.1) is 11.3 Å². The summed E-state index contributed by atoms with van der Waals surface area (Å²) < 4.78 is 4.90. The van der Waals surface area contributed by atoms with Crippen LogP contribution in [0.1, 0.15) is 21.0 Å². The van der Waals surface area contributed by atoms with E-state index in [0.717, 1.165) is 35.0 Å². The van der Waals surface area contributed by atoms with E-state index in [-0.39, 0.29) is 5.76 Å². The van der Waals surface area contributed by atoms with Crippen LogP contribution in [0.3, 0.4) is 0 Å². The maximum Gasteiger partial charge on any atom is 0.433 e. The summed E-state index contributed by atoms with van der Waals surface area (Å²) in [7, 11) is 0. The summed E-state index contributed by atoms with van der Waals surface area (Å²) in [5.74, 6) is -1.13. The largest absolute Gasteiger partial charge is 0.433 e. The predicted molar refractivity (Wildman–Crippen MR) is 88.3 cm³/mol. The number of hydrogen-bond donors (Lipinski definition) is 1. The van der Waals surface area contributed by atoms with E-state index in [1.807, 2.05) is 18.2 Å². The molecule has 0 unspecified atom stereocenters. The van der Waals surface area contributed by atoms with E-state index in [1.165, 1.54) is 23.0 Å². The smallest absolute Gasteiger partial charge is 0.395 e. The van der Waals surface area contributed by atoms with Crippen LogP contribution >= 0.6 is 11.3 Å². The Kier molecular flexibility index (Phi) is 3.39. The lowest BCUT2D eigenvalue weighted by Crippen LogP contribution is -2.10. The first-order chi connectivity index (χ1) is 11.6. The van der Waals surface area contributed by atoms with Crippen LogP contribution in [0.25, 0.3) is 11.3 Å². The van der Waals surface area contributed by atoms with Gasteiger partial charge in [-0.05, 0) is 24.5 Å². The van der Waals surface area contributed by atoms with Crippen molar-refractivity contribution in [2.24, 2.45) is 0 Å². The molecular formula is C16H11N3O4S. The number of carbonyl (C=O) groups is 1. The first-order valence-corrected chi connectivity index (χ1v) is 8.07. The molecule has 1 aliphatic carbocycles. The summed E-state index contributed by atoms with van der Waals surface area (Å²) in [5.41, 5.74) is 3.22. The third-order valence-electron chi connectivity index (χ3n) is 3.81. The molecule has 7 nitrogen and oxygen atoms in total. The average molecular weight is 341 g/mol. The standard InChI is InChI=1S/C16H11N3O4S/c20-15(11-6-8-13(23-11)19(21)22)18-16-17-14-10-4-2-1-3-9(10)5-7-12(14)24-16/h1-4,6,8H,5,7H2,(H,17,18,20). The van der Waals surface area contributed by atoms with Gasteiger partial charge in [0, 0.05) is 10.4 Å². The van der Waals surface area contributed by atoms with Gasteiger partial charge < -0.3 is 4.42 Å². The lowest BCUT2D eigenvalue weighted by Gasteiger charge is -2.13. The first kappa shape index (κ1) is 14.6. The van der Waals surface area contributed by atoms with Crippen molar-refractivity contribution in [3.05, 3.63) is 62.7 Å². The fourth-order valence-corrected chi connectivity index (χ4v) is 3.68. The topological polar surface area (TPSA) is 98.3 Å². The van der Waals surface area contributed by atoms with Gasteiger partial charge in [-0.2, -0.15) is 0 Å². The van der Waals surface area contributed by atoms with Crippen molar-refractivity contribution in [3.63, 3.8) is 0 Å². The summed E-state index contributed by atoms with van der Waals surface area (Å²) in [4.78, 5) is 27.7. The molecule has 2 heterocycles. The number of nitrogens with one attached hydrogen (secondary N) is 1. The van der Waals surface area contributed by atoms with Gasteiger partial charge in [-0.3, -0.25) is 20.2 Å². The maximum atomic E-state index is 12.1. The molecule has 1 aromatic carbocycles. The number of carbonyl (C=O) groups excluding carboxylic acids is 1. The van der Waals surface area contributed by atoms with Gasteiger partial charge in [0.15, 0.2) is 10.9 Å². The van der Waals surface area contributed by atoms with Crippen molar-refractivity contribution in [1.29, 1.82) is 0 Å². The lowest BCUT2D eigenvalue weighted by molar-refractivity contribution is -0.402. The number of benzene rings is 1. The van der Waals surface area contributed by atoms with Crippen molar-refractivity contribution in [2.75, 3.05) is 5.32 Å². The predicted octanol–water partition coefficient (Wildman–Crippen LogP) is 3.66. The zero-order valence-electron chi connectivity index (χ0n) is 12.3. The number of rotatable bonds is 3. The second kappa shape index (κ2) is 5.57. The molecule has 0 saturated heterocycles. The molecule has 4 rings (SSSR count). The molecule has 0 fully saturated rings. The van der Waals surface area contributed by atoms with Gasteiger partial charge in [-0.25, -0.2) is 4.98 Å². The number of hydrogen-bond acceptors (Lipinski definition) is 6. The minimum absolute atomic E-state index is 0.115. The van der Waals surface area contributed by atoms with Crippen LogP contribution < -0.4 is 5.32 Å². The van der Waals surface area contributed by atoms with E-state index in [0.29, 0.717) is 5.13 Å². The fourth-order valence-electron chi connectivity index (χ4n) is 2.71. The highest BCUT2D eigenvalue weighted by molar-refractivity contribution is 7.16. The number of furan rings is 1. The number of amides is 1. The van der Waals surface area contributed by atoms with Crippen LogP contribution in [0, 0.1) is 10.1 Å². The zero-order chi connectivity index (χ0) is 16.7. The molecule has 2 aromatic heterocycles. The Labute approximate surface area is 140 Å². The number of thiazole rings is 1. The molecule has 3 aromatic rings. The number of anilines is 1. The Morgan fingerprint density at radius 1 is 1.25 bits per heavy atom. The third-order valence-corrected chi connectivity index (χ3v) is 4.84. The summed E-state index contributed by atoms with van der Waals surface area (Å²) in [6.45, 7) is 0. The van der Waals surface area contributed by atoms with Crippen LogP contribution in [-0.2, 0) is 12.8 Å². The van der Waals surface area contributed by atoms with Gasteiger partial charge in [-0.1, -0.05) is 24.3 Å². The summed E-state index contributed by atoms with van der Waals surface area (Å²) in [6.07, 6.45) is 1.83. The van der Waals surface area contributed by atoms with Crippen LogP contribution in [0.4, 0.5) is 11.0 Å². The molecule has 24 heavy (non-hydrogen) atoms. The van der Waals surface area contributed by atoms with E-state index in [9.17, 15) is 14.9 Å². The molecule has 0 saturated carbocycles. The SMILES string of the molecule is O=C(Nc1nc2c(s1)CCc1ccccc1-2)c1ccc([N+](=O)[O-])o1. The van der Waals surface area contributed by atoms with Gasteiger partial charge in [0.2, 0.25) is 0 Å². The summed E-state index contributed by atoms with van der Waals surface area (Å²) in [5, 5.41) is 13.7. The summed E-state index contributed by atoms with van der Waals surface area (Å²) >= 11 is 1.42. The number of aryl methyl sites for hydroxylation is 2.